The maximum Gasteiger partial charge on any atom is 0.317 e. The maximum atomic E-state index is 11.7. The van der Waals surface area contributed by atoms with Gasteiger partial charge in [-0.3, -0.25) is 9.59 Å². The van der Waals surface area contributed by atoms with E-state index >= 15 is 0 Å². The van der Waals surface area contributed by atoms with Crippen molar-refractivity contribution < 1.29 is 14.3 Å². The van der Waals surface area contributed by atoms with Crippen molar-refractivity contribution in [1.29, 1.82) is 0 Å². The van der Waals surface area contributed by atoms with Crippen LogP contribution in [0.4, 0.5) is 0 Å². The molecule has 1 aromatic rings. The summed E-state index contributed by atoms with van der Waals surface area (Å²) < 4.78 is 4.71. The summed E-state index contributed by atoms with van der Waals surface area (Å²) in [4.78, 5) is 23.4. The predicted octanol–water partition coefficient (Wildman–Crippen LogP) is 2.64. The van der Waals surface area contributed by atoms with E-state index in [1.54, 1.807) is 6.08 Å². The van der Waals surface area contributed by atoms with Gasteiger partial charge in [-0.15, -0.1) is 6.58 Å². The summed E-state index contributed by atoms with van der Waals surface area (Å²) >= 11 is 0. The van der Waals surface area contributed by atoms with Crippen LogP contribution in [-0.4, -0.2) is 18.9 Å². The van der Waals surface area contributed by atoms with E-state index in [1.165, 1.54) is 14.0 Å². The van der Waals surface area contributed by atoms with Crippen molar-refractivity contribution in [2.45, 2.75) is 19.8 Å². The first-order chi connectivity index (χ1) is 8.52. The lowest BCUT2D eigenvalue weighted by Crippen LogP contribution is -2.29. The number of Topliss-reactive ketones (excluding diaryl/α,β-unsaturated/α-hetero) is 1. The van der Waals surface area contributed by atoms with Crippen LogP contribution in [0.2, 0.25) is 0 Å². The zero-order chi connectivity index (χ0) is 13.7. The lowest BCUT2D eigenvalue weighted by molar-refractivity contribution is -0.149. The van der Waals surface area contributed by atoms with Gasteiger partial charge < -0.3 is 4.74 Å². The molecular weight excluding hydrogens is 228 g/mol. The first-order valence-electron chi connectivity index (χ1n) is 5.79. The number of benzene rings is 1. The standard InChI is InChI=1S/C15H18O3/c1-5-12(13-9-7-6-8-10(13)2)14(11(3)16)15(17)18-4/h5-9,12,14H,1H2,2-4H3. The zero-order valence-corrected chi connectivity index (χ0v) is 11.0. The molecule has 0 aromatic heterocycles. The molecule has 0 saturated heterocycles. The fraction of sp³-hybridized carbons (Fsp3) is 0.333. The summed E-state index contributed by atoms with van der Waals surface area (Å²) in [6.45, 7) is 7.08. The van der Waals surface area contributed by atoms with Crippen molar-refractivity contribution >= 4 is 11.8 Å². The van der Waals surface area contributed by atoms with Gasteiger partial charge in [0.1, 0.15) is 11.7 Å². The molecule has 0 aliphatic carbocycles. The van der Waals surface area contributed by atoms with Crippen LogP contribution in [-0.2, 0) is 14.3 Å². The van der Waals surface area contributed by atoms with Gasteiger partial charge in [-0.05, 0) is 25.0 Å². The molecular formula is C15H18O3. The number of ether oxygens (including phenoxy) is 1. The number of methoxy groups -OCH3 is 1. The van der Waals surface area contributed by atoms with Gasteiger partial charge in [-0.25, -0.2) is 0 Å². The molecule has 96 valence electrons. The van der Waals surface area contributed by atoms with E-state index in [-0.39, 0.29) is 11.7 Å². The van der Waals surface area contributed by atoms with Crippen molar-refractivity contribution in [3.8, 4) is 0 Å². The van der Waals surface area contributed by atoms with Crippen LogP contribution in [0.3, 0.4) is 0 Å². The van der Waals surface area contributed by atoms with E-state index in [2.05, 4.69) is 6.58 Å². The molecule has 1 rings (SSSR count). The second kappa shape index (κ2) is 6.15. The molecule has 0 N–H and O–H groups in total. The molecule has 3 heteroatoms. The minimum Gasteiger partial charge on any atom is -0.468 e. The highest BCUT2D eigenvalue weighted by atomic mass is 16.5. The lowest BCUT2D eigenvalue weighted by Gasteiger charge is -2.22. The molecule has 0 spiro atoms. The Morgan fingerprint density at radius 1 is 1.33 bits per heavy atom. The largest absolute Gasteiger partial charge is 0.468 e. The maximum absolute atomic E-state index is 11.7. The van der Waals surface area contributed by atoms with Crippen molar-refractivity contribution in [3.05, 3.63) is 48.0 Å². The molecule has 2 unspecified atom stereocenters. The lowest BCUT2D eigenvalue weighted by atomic mass is 9.82. The summed E-state index contributed by atoms with van der Waals surface area (Å²) in [5.41, 5.74) is 1.95. The van der Waals surface area contributed by atoms with Crippen molar-refractivity contribution in [1.82, 2.24) is 0 Å². The van der Waals surface area contributed by atoms with E-state index < -0.39 is 11.9 Å². The average Bonchev–Trinajstić information content (AvgIpc) is 2.35. The number of aryl methyl sites for hydroxylation is 1. The molecule has 0 fully saturated rings. The zero-order valence-electron chi connectivity index (χ0n) is 11.0. The fourth-order valence-electron chi connectivity index (χ4n) is 2.10. The predicted molar refractivity (Wildman–Crippen MR) is 70.3 cm³/mol. The van der Waals surface area contributed by atoms with E-state index in [4.69, 9.17) is 4.74 Å². The molecule has 1 aromatic carbocycles. The Bertz CT molecular complexity index is 463. The molecule has 2 atom stereocenters. The Balaban J connectivity index is 3.23. The van der Waals surface area contributed by atoms with Crippen LogP contribution < -0.4 is 0 Å². The number of hydrogen-bond acceptors (Lipinski definition) is 3. The summed E-state index contributed by atoms with van der Waals surface area (Å²) in [6, 6.07) is 7.65. The number of allylic oxidation sites excluding steroid dienone is 1. The normalized spacial score (nSPS) is 13.5. The number of carbonyl (C=O) groups excluding carboxylic acids is 2. The average molecular weight is 246 g/mol. The fourth-order valence-corrected chi connectivity index (χ4v) is 2.10. The third-order valence-electron chi connectivity index (χ3n) is 3.05. The van der Waals surface area contributed by atoms with Crippen LogP contribution in [0.5, 0.6) is 0 Å². The molecule has 0 aliphatic rings. The quantitative estimate of drug-likeness (QED) is 0.455. The first kappa shape index (κ1) is 14.2. The third kappa shape index (κ3) is 2.86. The van der Waals surface area contributed by atoms with Crippen molar-refractivity contribution in [2.24, 2.45) is 5.92 Å². The molecule has 0 radical (unpaired) electrons. The smallest absolute Gasteiger partial charge is 0.317 e. The minimum atomic E-state index is -0.825. The van der Waals surface area contributed by atoms with Gasteiger partial charge in [0.2, 0.25) is 0 Å². The number of hydrogen-bond donors (Lipinski definition) is 0. The molecule has 0 aliphatic heterocycles. The minimum absolute atomic E-state index is 0.213. The Labute approximate surface area is 107 Å². The van der Waals surface area contributed by atoms with Crippen LogP contribution in [0.25, 0.3) is 0 Å². The Morgan fingerprint density at radius 2 is 1.94 bits per heavy atom. The van der Waals surface area contributed by atoms with Crippen molar-refractivity contribution in [2.75, 3.05) is 7.11 Å². The molecule has 0 amide bonds. The van der Waals surface area contributed by atoms with Crippen LogP contribution in [0.15, 0.2) is 36.9 Å². The van der Waals surface area contributed by atoms with Gasteiger partial charge in [0.25, 0.3) is 0 Å². The SMILES string of the molecule is C=CC(c1ccccc1C)C(C(C)=O)C(=O)OC. The summed E-state index contributed by atoms with van der Waals surface area (Å²) in [6.07, 6.45) is 1.63. The van der Waals surface area contributed by atoms with E-state index in [9.17, 15) is 9.59 Å². The highest BCUT2D eigenvalue weighted by molar-refractivity contribution is 5.99. The molecule has 3 nitrogen and oxygen atoms in total. The number of carbonyl (C=O) groups is 2. The third-order valence-corrected chi connectivity index (χ3v) is 3.05. The van der Waals surface area contributed by atoms with Crippen LogP contribution in [0, 0.1) is 12.8 Å². The second-order valence-electron chi connectivity index (χ2n) is 4.23. The van der Waals surface area contributed by atoms with Gasteiger partial charge in [-0.2, -0.15) is 0 Å². The van der Waals surface area contributed by atoms with Gasteiger partial charge in [0.15, 0.2) is 0 Å². The van der Waals surface area contributed by atoms with E-state index in [1.807, 2.05) is 31.2 Å². The van der Waals surface area contributed by atoms with Crippen molar-refractivity contribution in [3.63, 3.8) is 0 Å². The highest BCUT2D eigenvalue weighted by Gasteiger charge is 2.33. The van der Waals surface area contributed by atoms with Crippen LogP contribution in [0.1, 0.15) is 24.0 Å². The van der Waals surface area contributed by atoms with Gasteiger partial charge in [-0.1, -0.05) is 30.3 Å². The number of ketones is 1. The topological polar surface area (TPSA) is 43.4 Å². The van der Waals surface area contributed by atoms with Gasteiger partial charge >= 0.3 is 5.97 Å². The molecule has 0 saturated carbocycles. The van der Waals surface area contributed by atoms with Crippen LogP contribution >= 0.6 is 0 Å². The second-order valence-corrected chi connectivity index (χ2v) is 4.23. The highest BCUT2D eigenvalue weighted by Crippen LogP contribution is 2.30. The van der Waals surface area contributed by atoms with Gasteiger partial charge in [0, 0.05) is 5.92 Å². The molecule has 0 bridgehead atoms. The molecule has 0 heterocycles. The monoisotopic (exact) mass is 246 g/mol. The number of rotatable bonds is 5. The Kier molecular flexibility index (Phi) is 4.84. The summed E-state index contributed by atoms with van der Waals surface area (Å²) in [7, 11) is 1.29. The Morgan fingerprint density at radius 3 is 2.39 bits per heavy atom. The Hall–Kier alpha value is -1.90. The number of esters is 1. The summed E-state index contributed by atoms with van der Waals surface area (Å²) in [5.74, 6) is -1.91. The van der Waals surface area contributed by atoms with Gasteiger partial charge in [0.05, 0.1) is 7.11 Å². The molecule has 18 heavy (non-hydrogen) atoms. The summed E-state index contributed by atoms with van der Waals surface area (Å²) in [5, 5.41) is 0. The van der Waals surface area contributed by atoms with E-state index in [0.29, 0.717) is 0 Å². The van der Waals surface area contributed by atoms with E-state index in [0.717, 1.165) is 11.1 Å². The first-order valence-corrected chi connectivity index (χ1v) is 5.79.